The number of aromatic nitrogens is 2. The van der Waals surface area contributed by atoms with Gasteiger partial charge in [-0.1, -0.05) is 19.9 Å². The highest BCUT2D eigenvalue weighted by atomic mass is 16.4. The Hall–Kier alpha value is -2.04. The predicted octanol–water partition coefficient (Wildman–Crippen LogP) is 1.61. The highest BCUT2D eigenvalue weighted by Crippen LogP contribution is 2.28. The lowest BCUT2D eigenvalue weighted by molar-refractivity contribution is -0.138. The summed E-state index contributed by atoms with van der Waals surface area (Å²) in [5, 5.41) is 8.86. The normalized spacial score (nSPS) is 11.9. The molecule has 0 unspecified atom stereocenters. The maximum Gasteiger partial charge on any atom is 0.323 e. The topological polar surface area (TPSA) is 85.9 Å². The van der Waals surface area contributed by atoms with E-state index in [9.17, 15) is 9.59 Å². The first-order valence-electron chi connectivity index (χ1n) is 5.33. The third-order valence-corrected chi connectivity index (χ3v) is 2.89. The van der Waals surface area contributed by atoms with Crippen LogP contribution in [0, 0.1) is 0 Å². The number of carboxylic acids is 1. The van der Waals surface area contributed by atoms with Crippen molar-refractivity contribution in [2.45, 2.75) is 25.7 Å². The Morgan fingerprint density at radius 1 is 1.29 bits per heavy atom. The third-order valence-electron chi connectivity index (χ3n) is 2.89. The average Bonchev–Trinajstić information content (AvgIpc) is 2.54. The van der Waals surface area contributed by atoms with Crippen molar-refractivity contribution in [3.05, 3.63) is 34.2 Å². The third kappa shape index (κ3) is 2.22. The zero-order chi connectivity index (χ0) is 12.6. The molecule has 17 heavy (non-hydrogen) atoms. The lowest BCUT2D eigenvalue weighted by Gasteiger charge is -2.22. The molecule has 0 fully saturated rings. The van der Waals surface area contributed by atoms with Crippen LogP contribution in [0.15, 0.2) is 23.0 Å². The number of carboxylic acid groups (broad SMARTS) is 1. The average molecular weight is 234 g/mol. The first-order valence-corrected chi connectivity index (χ1v) is 5.33. The van der Waals surface area contributed by atoms with Crippen LogP contribution >= 0.6 is 0 Å². The largest absolute Gasteiger partial charge is 0.481 e. The molecular formula is C12H14N2O3. The van der Waals surface area contributed by atoms with E-state index in [1.807, 2.05) is 26.0 Å². The van der Waals surface area contributed by atoms with Crippen LogP contribution in [0.5, 0.6) is 0 Å². The lowest BCUT2D eigenvalue weighted by atomic mass is 9.81. The van der Waals surface area contributed by atoms with Crippen molar-refractivity contribution < 1.29 is 9.90 Å². The molecule has 1 heterocycles. The standard InChI is InChI=1S/C12H14N2O3/c1-12(2,6-10(15)16)7-3-4-8-9(5-7)14-11(17)13-8/h3-5H,6H2,1-2H3,(H,15,16)(H2,13,14,17). The molecule has 0 aliphatic heterocycles. The van der Waals surface area contributed by atoms with Crippen LogP contribution in [0.2, 0.25) is 0 Å². The number of benzene rings is 1. The van der Waals surface area contributed by atoms with Gasteiger partial charge < -0.3 is 15.1 Å². The quantitative estimate of drug-likeness (QED) is 0.754. The van der Waals surface area contributed by atoms with E-state index in [1.54, 1.807) is 6.07 Å². The molecule has 1 aromatic heterocycles. The minimum atomic E-state index is -0.836. The van der Waals surface area contributed by atoms with Gasteiger partial charge in [-0.15, -0.1) is 0 Å². The zero-order valence-electron chi connectivity index (χ0n) is 9.70. The fourth-order valence-electron chi connectivity index (χ4n) is 1.93. The Morgan fingerprint density at radius 3 is 2.59 bits per heavy atom. The van der Waals surface area contributed by atoms with Crippen LogP contribution in [0.4, 0.5) is 0 Å². The van der Waals surface area contributed by atoms with Gasteiger partial charge >= 0.3 is 11.7 Å². The second kappa shape index (κ2) is 3.76. The van der Waals surface area contributed by atoms with E-state index in [0.29, 0.717) is 5.52 Å². The summed E-state index contributed by atoms with van der Waals surface area (Å²) >= 11 is 0. The summed E-state index contributed by atoms with van der Waals surface area (Å²) in [6, 6.07) is 5.44. The summed E-state index contributed by atoms with van der Waals surface area (Å²) in [7, 11) is 0. The summed E-state index contributed by atoms with van der Waals surface area (Å²) in [5.74, 6) is -0.836. The second-order valence-corrected chi connectivity index (χ2v) is 4.79. The Balaban J connectivity index is 2.48. The Kier molecular flexibility index (Phi) is 2.53. The summed E-state index contributed by atoms with van der Waals surface area (Å²) in [5.41, 5.74) is 1.60. The molecule has 0 radical (unpaired) electrons. The van der Waals surface area contributed by atoms with Gasteiger partial charge in [-0.25, -0.2) is 4.79 Å². The van der Waals surface area contributed by atoms with E-state index >= 15 is 0 Å². The van der Waals surface area contributed by atoms with Crippen LogP contribution in [0.25, 0.3) is 11.0 Å². The molecule has 0 saturated heterocycles. The number of hydrogen-bond donors (Lipinski definition) is 3. The van der Waals surface area contributed by atoms with E-state index < -0.39 is 11.4 Å². The fourth-order valence-corrected chi connectivity index (χ4v) is 1.93. The Bertz CT molecular complexity index is 622. The predicted molar refractivity (Wildman–Crippen MR) is 64.2 cm³/mol. The van der Waals surface area contributed by atoms with Gasteiger partial charge in [0.05, 0.1) is 17.5 Å². The Morgan fingerprint density at radius 2 is 1.94 bits per heavy atom. The zero-order valence-corrected chi connectivity index (χ0v) is 9.70. The van der Waals surface area contributed by atoms with Gasteiger partial charge in [0, 0.05) is 5.41 Å². The van der Waals surface area contributed by atoms with Crippen molar-refractivity contribution in [1.82, 2.24) is 9.97 Å². The van der Waals surface area contributed by atoms with Crippen LogP contribution in [-0.2, 0) is 10.2 Å². The molecule has 0 atom stereocenters. The molecule has 2 rings (SSSR count). The van der Waals surface area contributed by atoms with Crippen molar-refractivity contribution >= 4 is 17.0 Å². The molecule has 0 spiro atoms. The molecule has 0 saturated carbocycles. The molecule has 5 heteroatoms. The van der Waals surface area contributed by atoms with Crippen molar-refractivity contribution in [3.63, 3.8) is 0 Å². The lowest BCUT2D eigenvalue weighted by Crippen LogP contribution is -2.21. The number of carbonyl (C=O) groups is 1. The molecule has 0 bridgehead atoms. The number of aliphatic carboxylic acids is 1. The molecular weight excluding hydrogens is 220 g/mol. The number of aromatic amines is 2. The minimum Gasteiger partial charge on any atom is -0.481 e. The van der Waals surface area contributed by atoms with Crippen molar-refractivity contribution in [1.29, 1.82) is 0 Å². The van der Waals surface area contributed by atoms with Gasteiger partial charge in [-0.05, 0) is 17.7 Å². The van der Waals surface area contributed by atoms with E-state index in [0.717, 1.165) is 11.1 Å². The van der Waals surface area contributed by atoms with Crippen molar-refractivity contribution in [2.24, 2.45) is 0 Å². The molecule has 1 aromatic carbocycles. The second-order valence-electron chi connectivity index (χ2n) is 4.79. The van der Waals surface area contributed by atoms with Gasteiger partial charge in [0.1, 0.15) is 0 Å². The fraction of sp³-hybridized carbons (Fsp3) is 0.333. The molecule has 0 aliphatic rings. The molecule has 0 aliphatic carbocycles. The summed E-state index contributed by atoms with van der Waals surface area (Å²) in [4.78, 5) is 27.2. The molecule has 5 nitrogen and oxygen atoms in total. The summed E-state index contributed by atoms with van der Waals surface area (Å²) in [6.45, 7) is 3.74. The number of fused-ring (bicyclic) bond motifs is 1. The number of H-pyrrole nitrogens is 2. The molecule has 2 aromatic rings. The number of hydrogen-bond acceptors (Lipinski definition) is 2. The first-order chi connectivity index (χ1) is 7.88. The monoisotopic (exact) mass is 234 g/mol. The van der Waals surface area contributed by atoms with Gasteiger partial charge in [0.15, 0.2) is 0 Å². The van der Waals surface area contributed by atoms with E-state index in [4.69, 9.17) is 5.11 Å². The number of nitrogens with one attached hydrogen (secondary N) is 2. The van der Waals surface area contributed by atoms with E-state index in [2.05, 4.69) is 9.97 Å². The molecule has 3 N–H and O–H groups in total. The first kappa shape index (κ1) is 11.4. The number of rotatable bonds is 3. The number of imidazole rings is 1. The minimum absolute atomic E-state index is 0.0488. The summed E-state index contributed by atoms with van der Waals surface area (Å²) in [6.07, 6.45) is 0.0488. The van der Waals surface area contributed by atoms with Crippen LogP contribution in [0.3, 0.4) is 0 Å². The highest BCUT2D eigenvalue weighted by molar-refractivity contribution is 5.76. The van der Waals surface area contributed by atoms with E-state index in [1.165, 1.54) is 0 Å². The smallest absolute Gasteiger partial charge is 0.323 e. The van der Waals surface area contributed by atoms with Crippen molar-refractivity contribution in [2.75, 3.05) is 0 Å². The van der Waals surface area contributed by atoms with Gasteiger partial charge in [-0.2, -0.15) is 0 Å². The maximum absolute atomic E-state index is 11.1. The van der Waals surface area contributed by atoms with Crippen LogP contribution < -0.4 is 5.69 Å². The summed E-state index contributed by atoms with van der Waals surface area (Å²) < 4.78 is 0. The van der Waals surface area contributed by atoms with Gasteiger partial charge in [-0.3, -0.25) is 4.79 Å². The van der Waals surface area contributed by atoms with Crippen LogP contribution in [-0.4, -0.2) is 21.0 Å². The van der Waals surface area contributed by atoms with Gasteiger partial charge in [0.2, 0.25) is 0 Å². The Labute approximate surface area is 97.5 Å². The SMILES string of the molecule is CC(C)(CC(=O)O)c1ccc2[nH]c(=O)[nH]c2c1. The van der Waals surface area contributed by atoms with Crippen LogP contribution in [0.1, 0.15) is 25.8 Å². The van der Waals surface area contributed by atoms with Crippen molar-refractivity contribution in [3.8, 4) is 0 Å². The maximum atomic E-state index is 11.1. The molecule has 0 amide bonds. The van der Waals surface area contributed by atoms with Gasteiger partial charge in [0.25, 0.3) is 0 Å². The van der Waals surface area contributed by atoms with E-state index in [-0.39, 0.29) is 12.1 Å². The molecule has 90 valence electrons. The highest BCUT2D eigenvalue weighted by Gasteiger charge is 2.24.